The van der Waals surface area contributed by atoms with Gasteiger partial charge in [0.2, 0.25) is 5.91 Å². The second-order valence-corrected chi connectivity index (χ2v) is 5.48. The zero-order valence-corrected chi connectivity index (χ0v) is 13.5. The first-order chi connectivity index (χ1) is 12.0. The second kappa shape index (κ2) is 6.96. The van der Waals surface area contributed by atoms with E-state index in [1.165, 1.54) is 24.3 Å². The molecule has 0 aliphatic heterocycles. The highest BCUT2D eigenvalue weighted by molar-refractivity contribution is 5.91. The summed E-state index contributed by atoms with van der Waals surface area (Å²) in [7, 11) is 1.90. The number of aryl methyl sites for hydroxylation is 1. The van der Waals surface area contributed by atoms with Crippen LogP contribution in [0, 0.1) is 10.1 Å². The van der Waals surface area contributed by atoms with E-state index in [0.717, 1.165) is 16.9 Å². The van der Waals surface area contributed by atoms with Gasteiger partial charge in [0.25, 0.3) is 5.69 Å². The van der Waals surface area contributed by atoms with Gasteiger partial charge in [-0.25, -0.2) is 4.98 Å². The number of nitro benzene ring substituents is 1. The molecule has 2 aromatic carbocycles. The van der Waals surface area contributed by atoms with Crippen LogP contribution in [-0.2, 0) is 18.4 Å². The molecule has 0 aliphatic carbocycles. The number of carbonyl (C=O) groups is 1. The minimum Gasteiger partial charge on any atom is -0.345 e. The van der Waals surface area contributed by atoms with Gasteiger partial charge in [0.1, 0.15) is 5.82 Å². The summed E-state index contributed by atoms with van der Waals surface area (Å²) in [6, 6.07) is 13.8. The second-order valence-electron chi connectivity index (χ2n) is 5.48. The van der Waals surface area contributed by atoms with Crippen LogP contribution in [0.15, 0.2) is 54.6 Å². The van der Waals surface area contributed by atoms with Crippen LogP contribution < -0.4 is 5.32 Å². The Morgan fingerprint density at radius 3 is 2.84 bits per heavy atom. The summed E-state index contributed by atoms with van der Waals surface area (Å²) in [6.07, 6.45) is 2.89. The van der Waals surface area contributed by atoms with Gasteiger partial charge in [-0.15, -0.1) is 0 Å². The standard InChI is InChI=1S/C18H16N4O3/c1-21-16-8-3-2-7-15(16)20-17(21)12-19-18(23)10-9-13-5-4-6-14(11-13)22(24)25/h2-11H,12H2,1H3,(H,19,23)/b10-9+. The van der Waals surface area contributed by atoms with Crippen molar-refractivity contribution in [3.8, 4) is 0 Å². The zero-order valence-electron chi connectivity index (χ0n) is 13.5. The lowest BCUT2D eigenvalue weighted by molar-refractivity contribution is -0.384. The monoisotopic (exact) mass is 336 g/mol. The molecule has 1 heterocycles. The van der Waals surface area contributed by atoms with Crippen molar-refractivity contribution >= 4 is 28.7 Å². The van der Waals surface area contributed by atoms with Crippen LogP contribution >= 0.6 is 0 Å². The van der Waals surface area contributed by atoms with E-state index >= 15 is 0 Å². The van der Waals surface area contributed by atoms with Gasteiger partial charge < -0.3 is 9.88 Å². The fraction of sp³-hybridized carbons (Fsp3) is 0.111. The number of amides is 1. The summed E-state index contributed by atoms with van der Waals surface area (Å²) in [5, 5.41) is 13.5. The van der Waals surface area contributed by atoms with Crippen molar-refractivity contribution in [1.82, 2.24) is 14.9 Å². The van der Waals surface area contributed by atoms with Gasteiger partial charge in [-0.3, -0.25) is 14.9 Å². The van der Waals surface area contributed by atoms with Crippen molar-refractivity contribution in [1.29, 1.82) is 0 Å². The molecular weight excluding hydrogens is 320 g/mol. The van der Waals surface area contributed by atoms with Crippen LogP contribution in [0.25, 0.3) is 17.1 Å². The first-order valence-electron chi connectivity index (χ1n) is 7.65. The number of non-ortho nitro benzene ring substituents is 1. The summed E-state index contributed by atoms with van der Waals surface area (Å²) in [5.41, 5.74) is 2.45. The van der Waals surface area contributed by atoms with Crippen molar-refractivity contribution in [3.63, 3.8) is 0 Å². The Kier molecular flexibility index (Phi) is 4.56. The van der Waals surface area contributed by atoms with Crippen molar-refractivity contribution in [2.45, 2.75) is 6.54 Å². The molecule has 25 heavy (non-hydrogen) atoms. The summed E-state index contributed by atoms with van der Waals surface area (Å²) >= 11 is 0. The smallest absolute Gasteiger partial charge is 0.270 e. The molecule has 1 N–H and O–H groups in total. The molecule has 0 fully saturated rings. The zero-order chi connectivity index (χ0) is 17.8. The molecule has 7 nitrogen and oxygen atoms in total. The van der Waals surface area contributed by atoms with Crippen molar-refractivity contribution < 1.29 is 9.72 Å². The molecular formula is C18H16N4O3. The quantitative estimate of drug-likeness (QED) is 0.441. The lowest BCUT2D eigenvalue weighted by Crippen LogP contribution is -2.22. The van der Waals surface area contributed by atoms with Crippen LogP contribution in [0.4, 0.5) is 5.69 Å². The number of benzene rings is 2. The van der Waals surface area contributed by atoms with Crippen molar-refractivity contribution in [3.05, 3.63) is 76.1 Å². The third-order valence-electron chi connectivity index (χ3n) is 3.81. The van der Waals surface area contributed by atoms with E-state index in [0.29, 0.717) is 12.1 Å². The maximum absolute atomic E-state index is 12.0. The predicted octanol–water partition coefficient (Wildman–Crippen LogP) is 2.81. The fourth-order valence-corrected chi connectivity index (χ4v) is 2.49. The van der Waals surface area contributed by atoms with Gasteiger partial charge in [-0.2, -0.15) is 0 Å². The summed E-state index contributed by atoms with van der Waals surface area (Å²) < 4.78 is 1.93. The Morgan fingerprint density at radius 2 is 2.08 bits per heavy atom. The van der Waals surface area contributed by atoms with Gasteiger partial charge in [0.05, 0.1) is 22.5 Å². The van der Waals surface area contributed by atoms with E-state index in [1.807, 2.05) is 35.9 Å². The Labute approximate surface area is 143 Å². The Balaban J connectivity index is 1.65. The Bertz CT molecular complexity index is 975. The van der Waals surface area contributed by atoms with E-state index in [2.05, 4.69) is 10.3 Å². The minimum absolute atomic E-state index is 0.0118. The molecule has 0 radical (unpaired) electrons. The summed E-state index contributed by atoms with van der Waals surface area (Å²) in [4.78, 5) is 26.7. The number of para-hydroxylation sites is 2. The molecule has 0 bridgehead atoms. The van der Waals surface area contributed by atoms with Gasteiger partial charge in [0, 0.05) is 25.3 Å². The van der Waals surface area contributed by atoms with Crippen LogP contribution in [0.3, 0.4) is 0 Å². The summed E-state index contributed by atoms with van der Waals surface area (Å²) in [6.45, 7) is 0.295. The van der Waals surface area contributed by atoms with Crippen molar-refractivity contribution in [2.75, 3.05) is 0 Å². The van der Waals surface area contributed by atoms with E-state index in [9.17, 15) is 14.9 Å². The van der Waals surface area contributed by atoms with Gasteiger partial charge in [0.15, 0.2) is 0 Å². The average molecular weight is 336 g/mol. The SMILES string of the molecule is Cn1c(CNC(=O)/C=C/c2cccc([N+](=O)[O-])c2)nc2ccccc21. The number of rotatable bonds is 5. The predicted molar refractivity (Wildman–Crippen MR) is 94.7 cm³/mol. The lowest BCUT2D eigenvalue weighted by atomic mass is 10.2. The normalized spacial score (nSPS) is 11.1. The topological polar surface area (TPSA) is 90.1 Å². The number of nitro groups is 1. The van der Waals surface area contributed by atoms with Gasteiger partial charge in [-0.1, -0.05) is 24.3 Å². The van der Waals surface area contributed by atoms with Crippen LogP contribution in [0.2, 0.25) is 0 Å². The molecule has 7 heteroatoms. The first kappa shape index (κ1) is 16.4. The molecule has 1 aromatic heterocycles. The third kappa shape index (κ3) is 3.72. The molecule has 0 saturated heterocycles. The number of imidazole rings is 1. The maximum Gasteiger partial charge on any atom is 0.270 e. The van der Waals surface area contributed by atoms with Crippen molar-refractivity contribution in [2.24, 2.45) is 7.05 Å². The highest BCUT2D eigenvalue weighted by Gasteiger charge is 2.08. The van der Waals surface area contributed by atoms with E-state index in [1.54, 1.807) is 12.1 Å². The van der Waals surface area contributed by atoms with E-state index in [-0.39, 0.29) is 11.6 Å². The van der Waals surface area contributed by atoms with E-state index < -0.39 is 4.92 Å². The summed E-state index contributed by atoms with van der Waals surface area (Å²) in [5.74, 6) is 0.455. The van der Waals surface area contributed by atoms with Gasteiger partial charge >= 0.3 is 0 Å². The number of nitrogens with one attached hydrogen (secondary N) is 1. The first-order valence-corrected chi connectivity index (χ1v) is 7.65. The number of carbonyl (C=O) groups excluding carboxylic acids is 1. The molecule has 0 aliphatic rings. The fourth-order valence-electron chi connectivity index (χ4n) is 2.49. The van der Waals surface area contributed by atoms with Crippen LogP contribution in [0.1, 0.15) is 11.4 Å². The number of aromatic nitrogens is 2. The maximum atomic E-state index is 12.0. The lowest BCUT2D eigenvalue weighted by Gasteiger charge is -2.03. The third-order valence-corrected chi connectivity index (χ3v) is 3.81. The Hall–Kier alpha value is -3.48. The molecule has 126 valence electrons. The number of fused-ring (bicyclic) bond motifs is 1. The minimum atomic E-state index is -0.469. The number of hydrogen-bond acceptors (Lipinski definition) is 4. The molecule has 0 spiro atoms. The van der Waals surface area contributed by atoms with E-state index in [4.69, 9.17) is 0 Å². The average Bonchev–Trinajstić information content (AvgIpc) is 2.95. The molecule has 0 atom stereocenters. The molecule has 3 aromatic rings. The number of nitrogens with zero attached hydrogens (tertiary/aromatic N) is 3. The highest BCUT2D eigenvalue weighted by Crippen LogP contribution is 2.15. The van der Waals surface area contributed by atoms with Crippen LogP contribution in [0.5, 0.6) is 0 Å². The Morgan fingerprint density at radius 1 is 1.28 bits per heavy atom. The highest BCUT2D eigenvalue weighted by atomic mass is 16.6. The molecule has 3 rings (SSSR count). The molecule has 0 unspecified atom stereocenters. The molecule has 0 saturated carbocycles. The molecule has 1 amide bonds. The van der Waals surface area contributed by atoms with Crippen LogP contribution in [-0.4, -0.2) is 20.4 Å². The number of hydrogen-bond donors (Lipinski definition) is 1. The largest absolute Gasteiger partial charge is 0.345 e. The van der Waals surface area contributed by atoms with Gasteiger partial charge in [-0.05, 0) is 23.8 Å².